The fraction of sp³-hybridized carbons (Fsp3) is 0.429. The minimum Gasteiger partial charge on any atom is -0.508 e. The lowest BCUT2D eigenvalue weighted by Crippen LogP contribution is -2.33. The Morgan fingerprint density at radius 3 is 2.47 bits per heavy atom. The molecule has 0 radical (unpaired) electrons. The minimum absolute atomic E-state index is 0.0523. The van der Waals surface area contributed by atoms with Gasteiger partial charge in [0, 0.05) is 18.4 Å². The Labute approximate surface area is 112 Å². The summed E-state index contributed by atoms with van der Waals surface area (Å²) in [6.07, 6.45) is -1.06. The first kappa shape index (κ1) is 15.0. The molecular weight excluding hydrogens is 248 g/mol. The molecule has 0 spiro atoms. The molecule has 2 unspecified atom stereocenters. The van der Waals surface area contributed by atoms with E-state index in [0.29, 0.717) is 5.56 Å². The van der Waals surface area contributed by atoms with Gasteiger partial charge in [0.05, 0.1) is 6.61 Å². The van der Waals surface area contributed by atoms with Crippen LogP contribution in [0.15, 0.2) is 24.3 Å². The summed E-state index contributed by atoms with van der Waals surface area (Å²) >= 11 is 0. The maximum Gasteiger partial charge on any atom is 0.348 e. The number of esters is 2. The van der Waals surface area contributed by atoms with E-state index in [1.165, 1.54) is 13.0 Å². The van der Waals surface area contributed by atoms with Crippen LogP contribution in [0.5, 0.6) is 5.75 Å². The van der Waals surface area contributed by atoms with E-state index in [-0.39, 0.29) is 12.4 Å². The highest BCUT2D eigenvalue weighted by Gasteiger charge is 2.31. The quantitative estimate of drug-likeness (QED) is 0.825. The first-order valence-corrected chi connectivity index (χ1v) is 6.09. The number of aromatic hydroxyl groups is 1. The lowest BCUT2D eigenvalue weighted by molar-refractivity contribution is -0.167. The number of hydrogen-bond donors (Lipinski definition) is 1. The molecule has 1 rings (SSSR count). The van der Waals surface area contributed by atoms with E-state index >= 15 is 0 Å². The SMILES string of the molecule is CCOC(=O)C(OC(C)=O)C(C)c1ccccc1O. The summed E-state index contributed by atoms with van der Waals surface area (Å²) < 4.78 is 9.90. The van der Waals surface area contributed by atoms with Crippen molar-refractivity contribution in [3.05, 3.63) is 29.8 Å². The number of rotatable bonds is 5. The second-order valence-electron chi connectivity index (χ2n) is 4.13. The number of para-hydroxylation sites is 1. The van der Waals surface area contributed by atoms with Crippen LogP contribution < -0.4 is 0 Å². The summed E-state index contributed by atoms with van der Waals surface area (Å²) in [5, 5.41) is 9.78. The Balaban J connectivity index is 3.00. The maximum absolute atomic E-state index is 11.8. The van der Waals surface area contributed by atoms with E-state index in [1.54, 1.807) is 32.0 Å². The van der Waals surface area contributed by atoms with Gasteiger partial charge in [-0.1, -0.05) is 25.1 Å². The predicted molar refractivity (Wildman–Crippen MR) is 68.7 cm³/mol. The summed E-state index contributed by atoms with van der Waals surface area (Å²) in [6.45, 7) is 4.79. The summed E-state index contributed by atoms with van der Waals surface area (Å²) in [5.74, 6) is -1.63. The molecule has 0 heterocycles. The lowest BCUT2D eigenvalue weighted by atomic mass is 9.94. The Morgan fingerprint density at radius 1 is 1.32 bits per heavy atom. The van der Waals surface area contributed by atoms with Crippen molar-refractivity contribution in [3.63, 3.8) is 0 Å². The zero-order valence-electron chi connectivity index (χ0n) is 11.3. The van der Waals surface area contributed by atoms with Gasteiger partial charge < -0.3 is 14.6 Å². The summed E-state index contributed by atoms with van der Waals surface area (Å²) in [7, 11) is 0. The largest absolute Gasteiger partial charge is 0.508 e. The highest BCUT2D eigenvalue weighted by molar-refractivity contribution is 5.79. The molecule has 5 heteroatoms. The molecule has 0 bridgehead atoms. The van der Waals surface area contributed by atoms with E-state index in [0.717, 1.165) is 0 Å². The first-order chi connectivity index (χ1) is 8.97. The Bertz CT molecular complexity index is 455. The monoisotopic (exact) mass is 266 g/mol. The highest BCUT2D eigenvalue weighted by Crippen LogP contribution is 2.29. The first-order valence-electron chi connectivity index (χ1n) is 6.09. The standard InChI is InChI=1S/C14H18O5/c1-4-18-14(17)13(19-10(3)15)9(2)11-7-5-6-8-12(11)16/h5-9,13,16H,4H2,1-3H3. The van der Waals surface area contributed by atoms with Crippen LogP contribution in [0.25, 0.3) is 0 Å². The van der Waals surface area contributed by atoms with Gasteiger partial charge in [-0.15, -0.1) is 0 Å². The highest BCUT2D eigenvalue weighted by atomic mass is 16.6. The average molecular weight is 266 g/mol. The Kier molecular flexibility index (Phi) is 5.36. The number of hydrogen-bond acceptors (Lipinski definition) is 5. The summed E-state index contributed by atoms with van der Waals surface area (Å²) in [6, 6.07) is 6.61. The average Bonchev–Trinajstić information content (AvgIpc) is 2.36. The fourth-order valence-electron chi connectivity index (χ4n) is 1.79. The summed E-state index contributed by atoms with van der Waals surface area (Å²) in [4.78, 5) is 22.9. The third-order valence-electron chi connectivity index (χ3n) is 2.69. The van der Waals surface area contributed by atoms with Gasteiger partial charge in [0.1, 0.15) is 5.75 Å². The van der Waals surface area contributed by atoms with Crippen molar-refractivity contribution < 1.29 is 24.2 Å². The van der Waals surface area contributed by atoms with Gasteiger partial charge >= 0.3 is 11.9 Å². The third kappa shape index (κ3) is 3.98. The van der Waals surface area contributed by atoms with Gasteiger partial charge in [0.2, 0.25) is 6.10 Å². The van der Waals surface area contributed by atoms with Crippen molar-refractivity contribution in [2.24, 2.45) is 0 Å². The molecule has 104 valence electrons. The van der Waals surface area contributed by atoms with Gasteiger partial charge in [-0.2, -0.15) is 0 Å². The van der Waals surface area contributed by atoms with E-state index in [1.807, 2.05) is 0 Å². The Morgan fingerprint density at radius 2 is 1.95 bits per heavy atom. The molecular formula is C14H18O5. The molecule has 19 heavy (non-hydrogen) atoms. The molecule has 1 aromatic carbocycles. The van der Waals surface area contributed by atoms with E-state index in [2.05, 4.69) is 0 Å². The van der Waals surface area contributed by atoms with Crippen molar-refractivity contribution in [1.29, 1.82) is 0 Å². The molecule has 0 fully saturated rings. The normalized spacial score (nSPS) is 13.4. The zero-order valence-corrected chi connectivity index (χ0v) is 11.3. The van der Waals surface area contributed by atoms with Crippen LogP contribution >= 0.6 is 0 Å². The van der Waals surface area contributed by atoms with Gasteiger partial charge in [-0.3, -0.25) is 4.79 Å². The molecule has 0 aliphatic heterocycles. The van der Waals surface area contributed by atoms with Gasteiger partial charge in [-0.05, 0) is 13.0 Å². The number of benzene rings is 1. The number of carbonyl (C=O) groups excluding carboxylic acids is 2. The van der Waals surface area contributed by atoms with Crippen LogP contribution in [0.4, 0.5) is 0 Å². The van der Waals surface area contributed by atoms with Crippen LogP contribution in [0.1, 0.15) is 32.3 Å². The molecule has 1 N–H and O–H groups in total. The van der Waals surface area contributed by atoms with Crippen LogP contribution in [-0.4, -0.2) is 29.8 Å². The molecule has 0 saturated heterocycles. The van der Waals surface area contributed by atoms with Crippen molar-refractivity contribution >= 4 is 11.9 Å². The molecule has 0 aliphatic carbocycles. The zero-order chi connectivity index (χ0) is 14.4. The second kappa shape index (κ2) is 6.78. The van der Waals surface area contributed by atoms with E-state index < -0.39 is 24.0 Å². The molecule has 0 amide bonds. The topological polar surface area (TPSA) is 72.8 Å². The third-order valence-corrected chi connectivity index (χ3v) is 2.69. The molecule has 1 aromatic rings. The van der Waals surface area contributed by atoms with Crippen molar-refractivity contribution in [2.75, 3.05) is 6.61 Å². The molecule has 0 aliphatic rings. The summed E-state index contributed by atoms with van der Waals surface area (Å²) in [5.41, 5.74) is 0.529. The van der Waals surface area contributed by atoms with E-state index in [9.17, 15) is 14.7 Å². The van der Waals surface area contributed by atoms with Crippen molar-refractivity contribution in [1.82, 2.24) is 0 Å². The van der Waals surface area contributed by atoms with Crippen LogP contribution in [0.3, 0.4) is 0 Å². The van der Waals surface area contributed by atoms with Crippen molar-refractivity contribution in [2.45, 2.75) is 32.8 Å². The van der Waals surface area contributed by atoms with Gasteiger partial charge in [0.15, 0.2) is 0 Å². The van der Waals surface area contributed by atoms with Crippen LogP contribution in [0, 0.1) is 0 Å². The van der Waals surface area contributed by atoms with E-state index in [4.69, 9.17) is 9.47 Å². The maximum atomic E-state index is 11.8. The number of carbonyl (C=O) groups is 2. The van der Waals surface area contributed by atoms with Crippen LogP contribution in [-0.2, 0) is 19.1 Å². The molecule has 5 nitrogen and oxygen atoms in total. The lowest BCUT2D eigenvalue weighted by Gasteiger charge is -2.22. The van der Waals surface area contributed by atoms with Crippen molar-refractivity contribution in [3.8, 4) is 5.75 Å². The molecule has 0 aromatic heterocycles. The number of phenolic OH excluding ortho intramolecular Hbond substituents is 1. The number of phenols is 1. The van der Waals surface area contributed by atoms with Gasteiger partial charge in [0.25, 0.3) is 0 Å². The predicted octanol–water partition coefficient (Wildman–Crippen LogP) is 1.99. The fourth-order valence-corrected chi connectivity index (χ4v) is 1.79. The Hall–Kier alpha value is -2.04. The van der Waals surface area contributed by atoms with Gasteiger partial charge in [-0.25, -0.2) is 4.79 Å². The molecule has 2 atom stereocenters. The number of ether oxygens (including phenoxy) is 2. The minimum atomic E-state index is -1.06. The van der Waals surface area contributed by atoms with Crippen LogP contribution in [0.2, 0.25) is 0 Å². The molecule has 0 saturated carbocycles. The smallest absolute Gasteiger partial charge is 0.348 e. The second-order valence-corrected chi connectivity index (χ2v) is 4.13.